The fraction of sp³-hybridized carbons (Fsp3) is 0.250. The third-order valence-corrected chi connectivity index (χ3v) is 3.46. The van der Waals surface area contributed by atoms with Gasteiger partial charge in [0.1, 0.15) is 5.52 Å². The minimum absolute atomic E-state index is 0.0193. The first-order valence-corrected chi connectivity index (χ1v) is 6.19. The van der Waals surface area contributed by atoms with Gasteiger partial charge in [-0.05, 0) is 18.1 Å². The van der Waals surface area contributed by atoms with E-state index in [-0.39, 0.29) is 18.7 Å². The molecule has 0 saturated heterocycles. The molecule has 1 aromatic heterocycles. The molecule has 106 valence electrons. The number of nitro benzene ring substituents is 1. The predicted octanol–water partition coefficient (Wildman–Crippen LogP) is 1.93. The van der Waals surface area contributed by atoms with Crippen LogP contribution in [0.4, 0.5) is 5.69 Å². The molecule has 4 N–H and O–H groups in total. The van der Waals surface area contributed by atoms with Crippen LogP contribution in [0, 0.1) is 16.0 Å². The van der Waals surface area contributed by atoms with E-state index in [1.165, 1.54) is 18.3 Å². The monoisotopic (exact) mass is 297 g/mol. The highest BCUT2D eigenvalue weighted by Gasteiger charge is 2.22. The van der Waals surface area contributed by atoms with Crippen molar-refractivity contribution in [1.82, 2.24) is 4.98 Å². The summed E-state index contributed by atoms with van der Waals surface area (Å²) in [4.78, 5) is 24.2. The summed E-state index contributed by atoms with van der Waals surface area (Å²) in [6, 6.07) is 2.74. The standard InChI is InChI=1S/C12H12ClN3O4/c13-8-1-2-9(16(19)20)11-10(8)7(5-15-11)3-6(4-14)12(17)18/h1-2,5-6,15H,3-4,14H2,(H,17,18). The Kier molecular flexibility index (Phi) is 3.91. The smallest absolute Gasteiger partial charge is 0.308 e. The van der Waals surface area contributed by atoms with Crippen LogP contribution in [0.2, 0.25) is 5.02 Å². The fourth-order valence-corrected chi connectivity index (χ4v) is 2.39. The maximum atomic E-state index is 11.0. The van der Waals surface area contributed by atoms with Gasteiger partial charge in [-0.2, -0.15) is 0 Å². The molecule has 1 unspecified atom stereocenters. The fourth-order valence-electron chi connectivity index (χ4n) is 2.11. The Balaban J connectivity index is 2.53. The van der Waals surface area contributed by atoms with Crippen LogP contribution in [0.5, 0.6) is 0 Å². The second-order valence-electron chi connectivity index (χ2n) is 4.36. The highest BCUT2D eigenvalue weighted by atomic mass is 35.5. The third-order valence-electron chi connectivity index (χ3n) is 3.14. The minimum atomic E-state index is -1.01. The quantitative estimate of drug-likeness (QED) is 0.575. The molecule has 1 atom stereocenters. The number of aromatic amines is 1. The van der Waals surface area contributed by atoms with Gasteiger partial charge >= 0.3 is 5.97 Å². The SMILES string of the molecule is NCC(Cc1c[nH]c2c([N+](=O)[O-])ccc(Cl)c12)C(=O)O. The van der Waals surface area contributed by atoms with E-state index in [9.17, 15) is 14.9 Å². The van der Waals surface area contributed by atoms with Crippen molar-refractivity contribution < 1.29 is 14.8 Å². The van der Waals surface area contributed by atoms with Gasteiger partial charge in [-0.25, -0.2) is 0 Å². The number of benzene rings is 1. The van der Waals surface area contributed by atoms with Gasteiger partial charge in [0.05, 0.1) is 15.9 Å². The lowest BCUT2D eigenvalue weighted by Crippen LogP contribution is -2.25. The maximum absolute atomic E-state index is 11.0. The molecule has 0 saturated carbocycles. The molecule has 1 aromatic carbocycles. The van der Waals surface area contributed by atoms with Crippen LogP contribution in [0.25, 0.3) is 10.9 Å². The van der Waals surface area contributed by atoms with Crippen molar-refractivity contribution in [3.05, 3.63) is 39.0 Å². The molecule has 8 heteroatoms. The molecule has 2 aromatic rings. The zero-order valence-corrected chi connectivity index (χ0v) is 11.1. The lowest BCUT2D eigenvalue weighted by atomic mass is 9.99. The van der Waals surface area contributed by atoms with Gasteiger partial charge in [0.2, 0.25) is 0 Å². The molecular formula is C12H12ClN3O4. The Morgan fingerprint density at radius 3 is 2.80 bits per heavy atom. The Morgan fingerprint density at radius 1 is 1.55 bits per heavy atom. The zero-order valence-electron chi connectivity index (χ0n) is 10.3. The number of halogens is 1. The number of nitrogens with one attached hydrogen (secondary N) is 1. The van der Waals surface area contributed by atoms with Gasteiger partial charge in [0, 0.05) is 24.2 Å². The number of nitro groups is 1. The van der Waals surface area contributed by atoms with Crippen LogP contribution in [0.1, 0.15) is 5.56 Å². The van der Waals surface area contributed by atoms with E-state index in [1.54, 1.807) is 0 Å². The van der Waals surface area contributed by atoms with Gasteiger partial charge in [-0.3, -0.25) is 14.9 Å². The van der Waals surface area contributed by atoms with Crippen molar-refractivity contribution >= 4 is 34.2 Å². The zero-order chi connectivity index (χ0) is 14.9. The van der Waals surface area contributed by atoms with Crippen LogP contribution in [0.15, 0.2) is 18.3 Å². The van der Waals surface area contributed by atoms with E-state index in [1.807, 2.05) is 0 Å². The van der Waals surface area contributed by atoms with Gasteiger partial charge in [-0.1, -0.05) is 11.6 Å². The molecule has 0 aliphatic heterocycles. The van der Waals surface area contributed by atoms with E-state index in [2.05, 4.69) is 4.98 Å². The van der Waals surface area contributed by atoms with E-state index >= 15 is 0 Å². The van der Waals surface area contributed by atoms with Gasteiger partial charge in [-0.15, -0.1) is 0 Å². The largest absolute Gasteiger partial charge is 0.481 e. The van der Waals surface area contributed by atoms with Crippen LogP contribution in [0.3, 0.4) is 0 Å². The average molecular weight is 298 g/mol. The number of carbonyl (C=O) groups is 1. The number of non-ortho nitro benzene ring substituents is 1. The molecule has 1 heterocycles. The number of carboxylic acid groups (broad SMARTS) is 1. The number of nitrogens with two attached hydrogens (primary N) is 1. The molecule has 20 heavy (non-hydrogen) atoms. The van der Waals surface area contributed by atoms with Crippen molar-refractivity contribution in [1.29, 1.82) is 0 Å². The topological polar surface area (TPSA) is 122 Å². The second-order valence-corrected chi connectivity index (χ2v) is 4.77. The van der Waals surface area contributed by atoms with Crippen molar-refractivity contribution in [2.75, 3.05) is 6.54 Å². The second kappa shape index (κ2) is 5.48. The third kappa shape index (κ3) is 2.45. The Morgan fingerprint density at radius 2 is 2.25 bits per heavy atom. The van der Waals surface area contributed by atoms with Crippen LogP contribution in [-0.4, -0.2) is 27.5 Å². The lowest BCUT2D eigenvalue weighted by Gasteiger charge is -2.08. The number of rotatable bonds is 5. The lowest BCUT2D eigenvalue weighted by molar-refractivity contribution is -0.383. The highest BCUT2D eigenvalue weighted by Crippen LogP contribution is 2.34. The maximum Gasteiger partial charge on any atom is 0.308 e. The van der Waals surface area contributed by atoms with Crippen molar-refractivity contribution in [3.63, 3.8) is 0 Å². The normalized spacial score (nSPS) is 12.5. The van der Waals surface area contributed by atoms with Crippen molar-refractivity contribution in [3.8, 4) is 0 Å². The molecule has 0 aliphatic carbocycles. The molecule has 0 aliphatic rings. The number of nitrogens with zero attached hydrogens (tertiary/aromatic N) is 1. The van der Waals surface area contributed by atoms with Crippen LogP contribution >= 0.6 is 11.6 Å². The number of aromatic nitrogens is 1. The molecule has 0 spiro atoms. The summed E-state index contributed by atoms with van der Waals surface area (Å²) < 4.78 is 0. The van der Waals surface area contributed by atoms with Gasteiger partial charge in [0.25, 0.3) is 5.69 Å². The van der Waals surface area contributed by atoms with E-state index < -0.39 is 16.8 Å². The molecule has 7 nitrogen and oxygen atoms in total. The van der Waals surface area contributed by atoms with Crippen molar-refractivity contribution in [2.24, 2.45) is 11.7 Å². The summed E-state index contributed by atoms with van der Waals surface area (Å²) in [6.07, 6.45) is 1.70. The molecule has 0 fully saturated rings. The Labute approximate surface area is 118 Å². The number of aliphatic carboxylic acids is 1. The predicted molar refractivity (Wildman–Crippen MR) is 73.8 cm³/mol. The summed E-state index contributed by atoms with van der Waals surface area (Å²) in [6.45, 7) is -0.0193. The van der Waals surface area contributed by atoms with Gasteiger partial charge < -0.3 is 15.8 Å². The molecule has 0 radical (unpaired) electrons. The van der Waals surface area contributed by atoms with E-state index in [4.69, 9.17) is 22.4 Å². The molecule has 0 bridgehead atoms. The average Bonchev–Trinajstić information content (AvgIpc) is 2.80. The highest BCUT2D eigenvalue weighted by molar-refractivity contribution is 6.36. The first-order valence-electron chi connectivity index (χ1n) is 5.81. The molecule has 0 amide bonds. The van der Waals surface area contributed by atoms with E-state index in [0.717, 1.165) is 0 Å². The Bertz CT molecular complexity index is 683. The number of H-pyrrole nitrogens is 1. The first kappa shape index (κ1) is 14.3. The summed E-state index contributed by atoms with van der Waals surface area (Å²) in [5, 5.41) is 20.8. The van der Waals surface area contributed by atoms with Crippen LogP contribution < -0.4 is 5.73 Å². The number of hydrogen-bond donors (Lipinski definition) is 3. The summed E-state index contributed by atoms with van der Waals surface area (Å²) >= 11 is 6.07. The Hall–Kier alpha value is -2.12. The number of fused-ring (bicyclic) bond motifs is 1. The van der Waals surface area contributed by atoms with Gasteiger partial charge in [0.15, 0.2) is 0 Å². The summed E-state index contributed by atoms with van der Waals surface area (Å²) in [7, 11) is 0. The minimum Gasteiger partial charge on any atom is -0.481 e. The summed E-state index contributed by atoms with van der Waals surface area (Å²) in [5.74, 6) is -1.77. The summed E-state index contributed by atoms with van der Waals surface area (Å²) in [5.41, 5.74) is 6.21. The molecular weight excluding hydrogens is 286 g/mol. The number of carboxylic acids is 1. The first-order chi connectivity index (χ1) is 9.45. The van der Waals surface area contributed by atoms with Crippen molar-refractivity contribution in [2.45, 2.75) is 6.42 Å². The molecule has 2 rings (SSSR count). The van der Waals surface area contributed by atoms with E-state index in [0.29, 0.717) is 21.5 Å². The number of hydrogen-bond acceptors (Lipinski definition) is 4. The van der Waals surface area contributed by atoms with Crippen LogP contribution in [-0.2, 0) is 11.2 Å².